The first kappa shape index (κ1) is 18.8. The smallest absolute Gasteiger partial charge is 0.266 e. The molecule has 5 nitrogen and oxygen atoms in total. The molecule has 0 bridgehead atoms. The molecule has 0 saturated carbocycles. The number of aryl methyl sites for hydroxylation is 1. The van der Waals surface area contributed by atoms with E-state index in [2.05, 4.69) is 21.2 Å². The standard InChI is InChI=1S/C18H14BrClN2O3/c1-10-3-5-13(6-4-10)22-18(24)12(9-21)7-11-8-14(25-2)17(23)16(20)15(11)19/h3-8,23H,1-2H3,(H,22,24)/b12-7-. The van der Waals surface area contributed by atoms with Gasteiger partial charge in [-0.1, -0.05) is 29.3 Å². The van der Waals surface area contributed by atoms with E-state index in [0.29, 0.717) is 15.7 Å². The van der Waals surface area contributed by atoms with Crippen LogP contribution in [0.1, 0.15) is 11.1 Å². The number of rotatable bonds is 4. The van der Waals surface area contributed by atoms with Gasteiger partial charge in [0.15, 0.2) is 11.5 Å². The van der Waals surface area contributed by atoms with Crippen molar-refractivity contribution in [3.63, 3.8) is 0 Å². The summed E-state index contributed by atoms with van der Waals surface area (Å²) in [6.07, 6.45) is 1.36. The third kappa shape index (κ3) is 4.32. The molecule has 0 radical (unpaired) electrons. The number of amides is 1. The fourth-order valence-corrected chi connectivity index (χ4v) is 2.63. The predicted octanol–water partition coefficient (Wildman–Crippen LogP) is 4.67. The number of hydrogen-bond donors (Lipinski definition) is 2. The number of benzene rings is 2. The highest BCUT2D eigenvalue weighted by atomic mass is 79.9. The Balaban J connectivity index is 2.37. The number of hydrogen-bond acceptors (Lipinski definition) is 4. The predicted molar refractivity (Wildman–Crippen MR) is 101 cm³/mol. The van der Waals surface area contributed by atoms with Gasteiger partial charge in [0.2, 0.25) is 0 Å². The van der Waals surface area contributed by atoms with Gasteiger partial charge in [-0.05, 0) is 52.7 Å². The molecular weight excluding hydrogens is 408 g/mol. The van der Waals surface area contributed by atoms with Gasteiger partial charge in [-0.2, -0.15) is 5.26 Å². The maximum Gasteiger partial charge on any atom is 0.266 e. The number of methoxy groups -OCH3 is 1. The van der Waals surface area contributed by atoms with Crippen LogP contribution in [0.15, 0.2) is 40.4 Å². The van der Waals surface area contributed by atoms with E-state index in [0.717, 1.165) is 5.56 Å². The van der Waals surface area contributed by atoms with Gasteiger partial charge in [0.05, 0.1) is 7.11 Å². The van der Waals surface area contributed by atoms with Crippen LogP contribution in [-0.2, 0) is 4.79 Å². The number of carbonyl (C=O) groups is 1. The van der Waals surface area contributed by atoms with E-state index >= 15 is 0 Å². The lowest BCUT2D eigenvalue weighted by atomic mass is 10.1. The Bertz CT molecular complexity index is 887. The molecule has 7 heteroatoms. The number of nitriles is 1. The molecule has 0 aromatic heterocycles. The van der Waals surface area contributed by atoms with Crippen molar-refractivity contribution in [3.05, 3.63) is 56.5 Å². The van der Waals surface area contributed by atoms with Crippen molar-refractivity contribution in [2.45, 2.75) is 6.92 Å². The van der Waals surface area contributed by atoms with Crippen LogP contribution >= 0.6 is 27.5 Å². The van der Waals surface area contributed by atoms with Crippen molar-refractivity contribution < 1.29 is 14.6 Å². The van der Waals surface area contributed by atoms with Crippen molar-refractivity contribution in [1.82, 2.24) is 0 Å². The maximum atomic E-state index is 12.3. The van der Waals surface area contributed by atoms with Gasteiger partial charge in [-0.3, -0.25) is 4.79 Å². The zero-order valence-corrected chi connectivity index (χ0v) is 15.8. The average Bonchev–Trinajstić information content (AvgIpc) is 2.61. The molecule has 0 aliphatic carbocycles. The van der Waals surface area contributed by atoms with E-state index in [9.17, 15) is 15.2 Å². The highest BCUT2D eigenvalue weighted by Crippen LogP contribution is 2.42. The number of phenols is 1. The summed E-state index contributed by atoms with van der Waals surface area (Å²) < 4.78 is 5.39. The molecular formula is C18H14BrClN2O3. The van der Waals surface area contributed by atoms with Crippen molar-refractivity contribution in [3.8, 4) is 17.6 Å². The fourth-order valence-electron chi connectivity index (χ4n) is 2.01. The van der Waals surface area contributed by atoms with E-state index in [1.807, 2.05) is 25.1 Å². The van der Waals surface area contributed by atoms with Gasteiger partial charge in [0.25, 0.3) is 5.91 Å². The van der Waals surface area contributed by atoms with Crippen molar-refractivity contribution in [1.29, 1.82) is 5.26 Å². The first-order valence-corrected chi connectivity index (χ1v) is 8.29. The minimum absolute atomic E-state index is 0.0295. The van der Waals surface area contributed by atoms with E-state index in [1.165, 1.54) is 19.3 Å². The number of phenolic OH excluding ortho intramolecular Hbond substituents is 1. The largest absolute Gasteiger partial charge is 0.503 e. The Morgan fingerprint density at radius 2 is 2.04 bits per heavy atom. The van der Waals surface area contributed by atoms with Gasteiger partial charge in [0.1, 0.15) is 16.7 Å². The van der Waals surface area contributed by atoms with Crippen LogP contribution in [-0.4, -0.2) is 18.1 Å². The summed E-state index contributed by atoms with van der Waals surface area (Å²) in [5, 5.41) is 21.9. The fraction of sp³-hybridized carbons (Fsp3) is 0.111. The molecule has 2 N–H and O–H groups in total. The van der Waals surface area contributed by atoms with Crippen LogP contribution in [0.2, 0.25) is 5.02 Å². The lowest BCUT2D eigenvalue weighted by molar-refractivity contribution is -0.112. The first-order chi connectivity index (χ1) is 11.9. The number of halogens is 2. The highest BCUT2D eigenvalue weighted by Gasteiger charge is 2.16. The molecule has 2 aromatic rings. The topological polar surface area (TPSA) is 82.3 Å². The molecule has 2 rings (SSSR count). The minimum Gasteiger partial charge on any atom is -0.503 e. The van der Waals surface area contributed by atoms with Crippen molar-refractivity contribution in [2.24, 2.45) is 0 Å². The molecule has 1 amide bonds. The Morgan fingerprint density at radius 3 is 2.60 bits per heavy atom. The van der Waals surface area contributed by atoms with Gasteiger partial charge in [-0.15, -0.1) is 0 Å². The minimum atomic E-state index is -0.554. The molecule has 0 unspecified atom stereocenters. The summed E-state index contributed by atoms with van der Waals surface area (Å²) in [6.45, 7) is 1.94. The summed E-state index contributed by atoms with van der Waals surface area (Å²) in [6, 6.07) is 10.5. The van der Waals surface area contributed by atoms with E-state index in [-0.39, 0.29) is 22.1 Å². The Hall–Kier alpha value is -2.49. The summed E-state index contributed by atoms with van der Waals surface area (Å²) in [5.41, 5.74) is 1.95. The van der Waals surface area contributed by atoms with Gasteiger partial charge in [-0.25, -0.2) is 0 Å². The van der Waals surface area contributed by atoms with Crippen LogP contribution in [0.5, 0.6) is 11.5 Å². The Kier molecular flexibility index (Phi) is 6.07. The molecule has 25 heavy (non-hydrogen) atoms. The molecule has 2 aromatic carbocycles. The van der Waals surface area contributed by atoms with Gasteiger partial charge in [0, 0.05) is 10.2 Å². The van der Waals surface area contributed by atoms with Crippen molar-refractivity contribution in [2.75, 3.05) is 12.4 Å². The Morgan fingerprint density at radius 1 is 1.40 bits per heavy atom. The molecule has 0 spiro atoms. The van der Waals surface area contributed by atoms with Crippen LogP contribution in [0, 0.1) is 18.3 Å². The second kappa shape index (κ2) is 8.06. The number of nitrogens with zero attached hydrogens (tertiary/aromatic N) is 1. The molecule has 0 saturated heterocycles. The quantitative estimate of drug-likeness (QED) is 0.555. The van der Waals surface area contributed by atoms with E-state index in [4.69, 9.17) is 16.3 Å². The summed E-state index contributed by atoms with van der Waals surface area (Å²) >= 11 is 9.27. The SMILES string of the molecule is COc1cc(/C=C(/C#N)C(=O)Nc2ccc(C)cc2)c(Br)c(Cl)c1O. The molecule has 0 fully saturated rings. The van der Waals surface area contributed by atoms with E-state index < -0.39 is 5.91 Å². The number of anilines is 1. The lowest BCUT2D eigenvalue weighted by Gasteiger charge is -2.10. The second-order valence-electron chi connectivity index (χ2n) is 5.13. The van der Waals surface area contributed by atoms with E-state index in [1.54, 1.807) is 12.1 Å². The van der Waals surface area contributed by atoms with Crippen LogP contribution in [0.4, 0.5) is 5.69 Å². The van der Waals surface area contributed by atoms with Gasteiger partial charge >= 0.3 is 0 Å². The number of carbonyl (C=O) groups excluding carboxylic acids is 1. The molecule has 0 aliphatic rings. The van der Waals surface area contributed by atoms with Crippen molar-refractivity contribution >= 4 is 45.2 Å². The summed E-state index contributed by atoms with van der Waals surface area (Å²) in [7, 11) is 1.38. The average molecular weight is 422 g/mol. The lowest BCUT2D eigenvalue weighted by Crippen LogP contribution is -2.13. The highest BCUT2D eigenvalue weighted by molar-refractivity contribution is 9.10. The molecule has 0 aliphatic heterocycles. The summed E-state index contributed by atoms with van der Waals surface area (Å²) in [4.78, 5) is 12.3. The first-order valence-electron chi connectivity index (χ1n) is 7.12. The summed E-state index contributed by atoms with van der Waals surface area (Å²) in [5.74, 6) is -0.645. The number of ether oxygens (including phenoxy) is 1. The van der Waals surface area contributed by atoms with Gasteiger partial charge < -0.3 is 15.2 Å². The zero-order valence-electron chi connectivity index (χ0n) is 13.4. The molecule has 0 atom stereocenters. The zero-order chi connectivity index (χ0) is 18.6. The number of aromatic hydroxyl groups is 1. The normalized spacial score (nSPS) is 10.9. The monoisotopic (exact) mass is 420 g/mol. The maximum absolute atomic E-state index is 12.3. The van der Waals surface area contributed by atoms with Crippen LogP contribution < -0.4 is 10.1 Å². The third-order valence-corrected chi connectivity index (χ3v) is 4.82. The number of nitrogens with one attached hydrogen (secondary N) is 1. The third-order valence-electron chi connectivity index (χ3n) is 3.37. The molecule has 0 heterocycles. The van der Waals surface area contributed by atoms with Crippen LogP contribution in [0.3, 0.4) is 0 Å². The van der Waals surface area contributed by atoms with Crippen LogP contribution in [0.25, 0.3) is 6.08 Å². The molecule has 128 valence electrons. The Labute approximate surface area is 158 Å². The second-order valence-corrected chi connectivity index (χ2v) is 6.31.